The SMILES string of the molecule is CCOC(=O)C1=C(C)N=c2sc(=Cc3ccc(C)cc3)c(=O)n2[C@H]1/C=C\c1ccccc1. The molecule has 0 spiro atoms. The van der Waals surface area contributed by atoms with Gasteiger partial charge in [-0.05, 0) is 38.0 Å². The van der Waals surface area contributed by atoms with Crippen LogP contribution in [0, 0.1) is 6.92 Å². The summed E-state index contributed by atoms with van der Waals surface area (Å²) in [7, 11) is 0. The van der Waals surface area contributed by atoms with Crippen molar-refractivity contribution >= 4 is 29.5 Å². The first kappa shape index (κ1) is 21.7. The summed E-state index contributed by atoms with van der Waals surface area (Å²) in [4.78, 5) is 31.4. The highest BCUT2D eigenvalue weighted by Gasteiger charge is 2.30. The minimum atomic E-state index is -0.592. The smallest absolute Gasteiger partial charge is 0.338 e. The second kappa shape index (κ2) is 9.32. The van der Waals surface area contributed by atoms with Crippen molar-refractivity contribution in [1.82, 2.24) is 4.57 Å². The van der Waals surface area contributed by atoms with Crippen molar-refractivity contribution < 1.29 is 9.53 Å². The van der Waals surface area contributed by atoms with Gasteiger partial charge in [0.15, 0.2) is 4.80 Å². The molecule has 2 heterocycles. The molecule has 0 amide bonds. The number of hydrogen-bond acceptors (Lipinski definition) is 5. The second-order valence-electron chi connectivity index (χ2n) is 7.53. The van der Waals surface area contributed by atoms with Gasteiger partial charge in [0, 0.05) is 0 Å². The van der Waals surface area contributed by atoms with Crippen molar-refractivity contribution in [2.45, 2.75) is 26.8 Å². The molecular weight excluding hydrogens is 420 g/mol. The maximum Gasteiger partial charge on any atom is 0.338 e. The number of fused-ring (bicyclic) bond motifs is 1. The number of carbonyl (C=O) groups excluding carboxylic acids is 1. The zero-order chi connectivity index (χ0) is 22.7. The molecule has 1 aromatic heterocycles. The average Bonchev–Trinajstić information content (AvgIpc) is 3.09. The zero-order valence-corrected chi connectivity index (χ0v) is 19.1. The molecule has 1 aliphatic rings. The molecule has 0 fully saturated rings. The molecule has 0 radical (unpaired) electrons. The molecule has 1 atom stereocenters. The van der Waals surface area contributed by atoms with Gasteiger partial charge in [0.25, 0.3) is 5.56 Å². The number of hydrogen-bond donors (Lipinski definition) is 0. The lowest BCUT2D eigenvalue weighted by molar-refractivity contribution is -0.139. The van der Waals surface area contributed by atoms with Crippen molar-refractivity contribution in [3.05, 3.63) is 108 Å². The van der Waals surface area contributed by atoms with E-state index in [1.807, 2.05) is 79.7 Å². The Morgan fingerprint density at radius 3 is 2.50 bits per heavy atom. The Morgan fingerprint density at radius 1 is 1.09 bits per heavy atom. The third kappa shape index (κ3) is 4.41. The van der Waals surface area contributed by atoms with E-state index in [0.29, 0.717) is 20.6 Å². The number of thiazole rings is 1. The van der Waals surface area contributed by atoms with Crippen LogP contribution in [0.2, 0.25) is 0 Å². The number of ether oxygens (including phenoxy) is 1. The van der Waals surface area contributed by atoms with Crippen molar-refractivity contribution in [1.29, 1.82) is 0 Å². The number of nitrogens with zero attached hydrogens (tertiary/aromatic N) is 2. The molecule has 3 aromatic rings. The van der Waals surface area contributed by atoms with Crippen LogP contribution in [0.1, 0.15) is 36.6 Å². The molecule has 0 unspecified atom stereocenters. The largest absolute Gasteiger partial charge is 0.463 e. The normalized spacial score (nSPS) is 16.2. The Kier molecular flexibility index (Phi) is 6.32. The van der Waals surface area contributed by atoms with Crippen molar-refractivity contribution in [2.24, 2.45) is 4.99 Å². The highest BCUT2D eigenvalue weighted by atomic mass is 32.1. The average molecular weight is 445 g/mol. The van der Waals surface area contributed by atoms with E-state index >= 15 is 0 Å². The van der Waals surface area contributed by atoms with Gasteiger partial charge in [-0.1, -0.05) is 83.6 Å². The Morgan fingerprint density at radius 2 is 1.81 bits per heavy atom. The van der Waals surface area contributed by atoms with E-state index < -0.39 is 12.0 Å². The Labute approximate surface area is 190 Å². The van der Waals surface area contributed by atoms with E-state index in [1.165, 1.54) is 11.3 Å². The summed E-state index contributed by atoms with van der Waals surface area (Å²) in [6.07, 6.45) is 5.65. The van der Waals surface area contributed by atoms with Crippen molar-refractivity contribution in [3.8, 4) is 0 Å². The minimum absolute atomic E-state index is 0.175. The van der Waals surface area contributed by atoms with Gasteiger partial charge in [-0.15, -0.1) is 0 Å². The molecule has 32 heavy (non-hydrogen) atoms. The van der Waals surface area contributed by atoms with E-state index in [4.69, 9.17) is 4.74 Å². The van der Waals surface area contributed by atoms with Crippen LogP contribution in [0.15, 0.2) is 81.7 Å². The van der Waals surface area contributed by atoms with Crippen LogP contribution < -0.4 is 14.9 Å². The number of benzene rings is 2. The number of carbonyl (C=O) groups is 1. The molecule has 0 saturated heterocycles. The first-order valence-corrected chi connectivity index (χ1v) is 11.3. The fourth-order valence-electron chi connectivity index (χ4n) is 3.60. The fourth-order valence-corrected chi connectivity index (χ4v) is 4.65. The molecule has 2 aromatic carbocycles. The summed E-state index contributed by atoms with van der Waals surface area (Å²) in [6, 6.07) is 17.2. The quantitative estimate of drug-likeness (QED) is 0.563. The van der Waals surface area contributed by atoms with E-state index in [-0.39, 0.29) is 12.2 Å². The molecule has 0 N–H and O–H groups in total. The van der Waals surface area contributed by atoms with Gasteiger partial charge in [0.05, 0.1) is 28.5 Å². The van der Waals surface area contributed by atoms with Crippen LogP contribution in [-0.2, 0) is 9.53 Å². The summed E-state index contributed by atoms with van der Waals surface area (Å²) in [6.45, 7) is 5.82. The lowest BCUT2D eigenvalue weighted by atomic mass is 10.0. The van der Waals surface area contributed by atoms with Crippen molar-refractivity contribution in [3.63, 3.8) is 0 Å². The standard InChI is InChI=1S/C26H24N2O3S/c1-4-31-25(30)23-18(3)27-26-28(21(23)15-14-19-8-6-5-7-9-19)24(29)22(32-26)16-20-12-10-17(2)11-13-20/h5-16,21H,4H2,1-3H3/b15-14-,22-16?/t21-/m0/s1. The highest BCUT2D eigenvalue weighted by Crippen LogP contribution is 2.26. The van der Waals surface area contributed by atoms with Crippen LogP contribution in [-0.4, -0.2) is 17.1 Å². The van der Waals surface area contributed by atoms with Gasteiger partial charge in [-0.3, -0.25) is 9.36 Å². The summed E-state index contributed by atoms with van der Waals surface area (Å²) >= 11 is 1.33. The molecule has 5 nitrogen and oxygen atoms in total. The lowest BCUT2D eigenvalue weighted by Crippen LogP contribution is -2.38. The molecule has 6 heteroatoms. The number of aromatic nitrogens is 1. The molecule has 0 aliphatic carbocycles. The van der Waals surface area contributed by atoms with Gasteiger partial charge in [-0.2, -0.15) is 0 Å². The maximum absolute atomic E-state index is 13.4. The summed E-state index contributed by atoms with van der Waals surface area (Å²) in [5.74, 6) is -0.454. The predicted octanol–water partition coefficient (Wildman–Crippen LogP) is 3.77. The van der Waals surface area contributed by atoms with Gasteiger partial charge in [0.2, 0.25) is 0 Å². The van der Waals surface area contributed by atoms with Crippen LogP contribution in [0.3, 0.4) is 0 Å². The third-order valence-electron chi connectivity index (χ3n) is 5.20. The number of aryl methyl sites for hydroxylation is 1. The van der Waals surface area contributed by atoms with E-state index in [1.54, 1.807) is 18.4 Å². The molecule has 162 valence electrons. The topological polar surface area (TPSA) is 60.7 Å². The number of rotatable bonds is 5. The summed E-state index contributed by atoms with van der Waals surface area (Å²) in [5.41, 5.74) is 3.85. The van der Waals surface area contributed by atoms with Crippen molar-refractivity contribution in [2.75, 3.05) is 6.61 Å². The molecule has 4 rings (SSSR count). The van der Waals surface area contributed by atoms with E-state index in [0.717, 1.165) is 16.7 Å². The van der Waals surface area contributed by atoms with Crippen LogP contribution in [0.5, 0.6) is 0 Å². The minimum Gasteiger partial charge on any atom is -0.463 e. The molecule has 0 saturated carbocycles. The number of esters is 1. The molecule has 0 bridgehead atoms. The van der Waals surface area contributed by atoms with Crippen LogP contribution >= 0.6 is 11.3 Å². The summed E-state index contributed by atoms with van der Waals surface area (Å²) in [5, 5.41) is 0. The molecular formula is C26H24N2O3S. The molecule has 1 aliphatic heterocycles. The van der Waals surface area contributed by atoms with Gasteiger partial charge >= 0.3 is 5.97 Å². The highest BCUT2D eigenvalue weighted by molar-refractivity contribution is 7.07. The van der Waals surface area contributed by atoms with Gasteiger partial charge in [0.1, 0.15) is 0 Å². The third-order valence-corrected chi connectivity index (χ3v) is 6.19. The Balaban J connectivity index is 1.87. The lowest BCUT2D eigenvalue weighted by Gasteiger charge is -2.21. The van der Waals surface area contributed by atoms with Crippen LogP contribution in [0.4, 0.5) is 0 Å². The van der Waals surface area contributed by atoms with Crippen LogP contribution in [0.25, 0.3) is 12.2 Å². The van der Waals surface area contributed by atoms with Gasteiger partial charge in [-0.25, -0.2) is 9.79 Å². The van der Waals surface area contributed by atoms with E-state index in [2.05, 4.69) is 4.99 Å². The van der Waals surface area contributed by atoms with Gasteiger partial charge < -0.3 is 4.74 Å². The number of allylic oxidation sites excluding steroid dienone is 2. The fraction of sp³-hybridized carbons (Fsp3) is 0.192. The first-order chi connectivity index (χ1) is 15.5. The first-order valence-electron chi connectivity index (χ1n) is 10.5. The second-order valence-corrected chi connectivity index (χ2v) is 8.53. The maximum atomic E-state index is 13.4. The Hall–Kier alpha value is -3.51. The summed E-state index contributed by atoms with van der Waals surface area (Å²) < 4.78 is 7.45. The predicted molar refractivity (Wildman–Crippen MR) is 128 cm³/mol. The van der Waals surface area contributed by atoms with E-state index in [9.17, 15) is 9.59 Å². The Bertz CT molecular complexity index is 1380. The monoisotopic (exact) mass is 444 g/mol. The zero-order valence-electron chi connectivity index (χ0n) is 18.2.